The Morgan fingerprint density at radius 3 is 2.78 bits per heavy atom. The summed E-state index contributed by atoms with van der Waals surface area (Å²) in [4.78, 5) is 9.61. The maximum atomic E-state index is 4.94. The molecular formula is C21H30BrN5. The lowest BCUT2D eigenvalue weighted by molar-refractivity contribution is 0.458. The zero-order valence-electron chi connectivity index (χ0n) is 16.5. The number of nitrogens with one attached hydrogen (secondary N) is 1. The first-order chi connectivity index (χ1) is 13.1. The van der Waals surface area contributed by atoms with E-state index in [1.165, 1.54) is 17.8 Å². The van der Waals surface area contributed by atoms with Crippen LogP contribution in [-0.4, -0.2) is 48.7 Å². The smallest absolute Gasteiger partial charge is 0.194 e. The van der Waals surface area contributed by atoms with Gasteiger partial charge in [0.15, 0.2) is 5.96 Å². The van der Waals surface area contributed by atoms with Gasteiger partial charge in [-0.25, -0.2) is 0 Å². The number of guanidine groups is 1. The molecule has 1 N–H and O–H groups in total. The largest absolute Gasteiger partial charge is 0.371 e. The van der Waals surface area contributed by atoms with E-state index in [2.05, 4.69) is 99.2 Å². The Balaban J connectivity index is 1.59. The minimum Gasteiger partial charge on any atom is -0.371 e. The molecule has 0 aliphatic carbocycles. The predicted molar refractivity (Wildman–Crippen MR) is 117 cm³/mol. The number of hydrogen-bond acceptors (Lipinski definition) is 2. The standard InChI is InChI=1S/C21H30BrN5/c1-4-23-21(26(3)16-20-12-18(22)15-25(20)2)24-13-17-10-11-27(14-17)19-8-6-5-7-9-19/h5-9,12,15,17H,4,10-11,13-14,16H2,1-3H3,(H,23,24). The van der Waals surface area contributed by atoms with Gasteiger partial charge in [0.05, 0.1) is 6.54 Å². The fraction of sp³-hybridized carbons (Fsp3) is 0.476. The average Bonchev–Trinajstić information content (AvgIpc) is 3.25. The molecule has 0 spiro atoms. The van der Waals surface area contributed by atoms with E-state index in [0.29, 0.717) is 5.92 Å². The number of halogens is 1. The second-order valence-electron chi connectivity index (χ2n) is 7.25. The van der Waals surface area contributed by atoms with Crippen molar-refractivity contribution in [2.45, 2.75) is 19.9 Å². The molecular weight excluding hydrogens is 402 g/mol. The Hall–Kier alpha value is -1.95. The van der Waals surface area contributed by atoms with Crippen LogP contribution in [0.25, 0.3) is 0 Å². The van der Waals surface area contributed by atoms with E-state index >= 15 is 0 Å². The van der Waals surface area contributed by atoms with Crippen LogP contribution < -0.4 is 10.2 Å². The third kappa shape index (κ3) is 5.28. The number of hydrogen-bond donors (Lipinski definition) is 1. The SMILES string of the molecule is CCNC(=NCC1CCN(c2ccccc2)C1)N(C)Cc1cc(Br)cn1C. The first kappa shape index (κ1) is 19.8. The lowest BCUT2D eigenvalue weighted by Crippen LogP contribution is -2.39. The zero-order valence-corrected chi connectivity index (χ0v) is 18.1. The summed E-state index contributed by atoms with van der Waals surface area (Å²) in [6, 6.07) is 12.9. The molecule has 1 aliphatic rings. The Kier molecular flexibility index (Phi) is 6.83. The molecule has 1 saturated heterocycles. The molecule has 1 unspecified atom stereocenters. The number of benzene rings is 1. The van der Waals surface area contributed by atoms with Crippen molar-refractivity contribution in [2.24, 2.45) is 18.0 Å². The molecule has 1 atom stereocenters. The highest BCUT2D eigenvalue weighted by molar-refractivity contribution is 9.10. The minimum atomic E-state index is 0.608. The maximum Gasteiger partial charge on any atom is 0.194 e. The number of aliphatic imine (C=N–C) groups is 1. The van der Waals surface area contributed by atoms with Crippen LogP contribution in [-0.2, 0) is 13.6 Å². The van der Waals surface area contributed by atoms with Crippen molar-refractivity contribution in [1.29, 1.82) is 0 Å². The molecule has 0 amide bonds. The maximum absolute atomic E-state index is 4.94. The molecule has 2 heterocycles. The third-order valence-electron chi connectivity index (χ3n) is 5.08. The van der Waals surface area contributed by atoms with Gasteiger partial charge in [-0.05, 0) is 53.4 Å². The van der Waals surface area contributed by atoms with Gasteiger partial charge in [-0.1, -0.05) is 18.2 Å². The normalized spacial score (nSPS) is 17.4. The van der Waals surface area contributed by atoms with Crippen LogP contribution in [0.4, 0.5) is 5.69 Å². The van der Waals surface area contributed by atoms with E-state index in [-0.39, 0.29) is 0 Å². The molecule has 1 aromatic carbocycles. The summed E-state index contributed by atoms with van der Waals surface area (Å²) >= 11 is 3.55. The summed E-state index contributed by atoms with van der Waals surface area (Å²) < 4.78 is 3.26. The van der Waals surface area contributed by atoms with Crippen LogP contribution in [0.1, 0.15) is 19.0 Å². The van der Waals surface area contributed by atoms with E-state index in [1.54, 1.807) is 0 Å². The topological polar surface area (TPSA) is 35.8 Å². The second kappa shape index (κ2) is 9.31. The molecule has 0 radical (unpaired) electrons. The second-order valence-corrected chi connectivity index (χ2v) is 8.16. The Morgan fingerprint density at radius 1 is 1.33 bits per heavy atom. The van der Waals surface area contributed by atoms with Crippen LogP contribution in [0.2, 0.25) is 0 Å². The van der Waals surface area contributed by atoms with Gasteiger partial charge < -0.3 is 19.7 Å². The van der Waals surface area contributed by atoms with Crippen molar-refractivity contribution in [3.63, 3.8) is 0 Å². The molecule has 2 aromatic rings. The molecule has 1 aromatic heterocycles. The van der Waals surface area contributed by atoms with E-state index in [1.807, 2.05) is 0 Å². The van der Waals surface area contributed by atoms with Crippen molar-refractivity contribution in [2.75, 3.05) is 38.1 Å². The molecule has 1 fully saturated rings. The van der Waals surface area contributed by atoms with E-state index in [0.717, 1.165) is 43.2 Å². The van der Waals surface area contributed by atoms with Gasteiger partial charge in [-0.3, -0.25) is 4.99 Å². The molecule has 3 rings (SSSR count). The van der Waals surface area contributed by atoms with Gasteiger partial charge >= 0.3 is 0 Å². The zero-order chi connectivity index (χ0) is 19.2. The fourth-order valence-corrected chi connectivity index (χ4v) is 4.15. The summed E-state index contributed by atoms with van der Waals surface area (Å²) in [6.07, 6.45) is 3.29. The van der Waals surface area contributed by atoms with Crippen LogP contribution in [0.5, 0.6) is 0 Å². The molecule has 0 saturated carbocycles. The minimum absolute atomic E-state index is 0.608. The monoisotopic (exact) mass is 431 g/mol. The summed E-state index contributed by atoms with van der Waals surface area (Å²) in [5, 5.41) is 3.44. The van der Waals surface area contributed by atoms with Gasteiger partial charge in [-0.2, -0.15) is 0 Å². The molecule has 146 valence electrons. The van der Waals surface area contributed by atoms with E-state index in [4.69, 9.17) is 4.99 Å². The summed E-state index contributed by atoms with van der Waals surface area (Å²) in [5.41, 5.74) is 2.58. The van der Waals surface area contributed by atoms with Gasteiger partial charge in [0.25, 0.3) is 0 Å². The summed E-state index contributed by atoms with van der Waals surface area (Å²) in [7, 11) is 4.18. The molecule has 27 heavy (non-hydrogen) atoms. The van der Waals surface area contributed by atoms with Crippen molar-refractivity contribution < 1.29 is 0 Å². The van der Waals surface area contributed by atoms with E-state index < -0.39 is 0 Å². The van der Waals surface area contributed by atoms with Crippen LogP contribution in [0, 0.1) is 5.92 Å². The average molecular weight is 432 g/mol. The third-order valence-corrected chi connectivity index (χ3v) is 5.51. The predicted octanol–water partition coefficient (Wildman–Crippen LogP) is 3.71. The Labute approximate surface area is 171 Å². The number of anilines is 1. The van der Waals surface area contributed by atoms with Gasteiger partial charge in [-0.15, -0.1) is 0 Å². The number of aromatic nitrogens is 1. The number of rotatable bonds is 6. The number of aryl methyl sites for hydroxylation is 1. The first-order valence-electron chi connectivity index (χ1n) is 9.67. The highest BCUT2D eigenvalue weighted by Gasteiger charge is 2.22. The number of para-hydroxylation sites is 1. The Bertz CT molecular complexity index is 755. The van der Waals surface area contributed by atoms with Crippen molar-refractivity contribution in [3.05, 3.63) is 52.8 Å². The van der Waals surface area contributed by atoms with Gasteiger partial charge in [0, 0.05) is 62.3 Å². The fourth-order valence-electron chi connectivity index (χ4n) is 3.58. The highest BCUT2D eigenvalue weighted by atomic mass is 79.9. The quantitative estimate of drug-likeness (QED) is 0.559. The Morgan fingerprint density at radius 2 is 2.11 bits per heavy atom. The van der Waals surface area contributed by atoms with Crippen LogP contribution in [0.15, 0.2) is 52.1 Å². The van der Waals surface area contributed by atoms with Crippen LogP contribution in [0.3, 0.4) is 0 Å². The van der Waals surface area contributed by atoms with Crippen LogP contribution >= 0.6 is 15.9 Å². The molecule has 1 aliphatic heterocycles. The molecule has 5 nitrogen and oxygen atoms in total. The molecule has 6 heteroatoms. The first-order valence-corrected chi connectivity index (χ1v) is 10.5. The van der Waals surface area contributed by atoms with Gasteiger partial charge in [0.1, 0.15) is 0 Å². The van der Waals surface area contributed by atoms with Crippen molar-refractivity contribution in [1.82, 2.24) is 14.8 Å². The number of nitrogens with zero attached hydrogens (tertiary/aromatic N) is 4. The van der Waals surface area contributed by atoms with Gasteiger partial charge in [0.2, 0.25) is 0 Å². The molecule has 0 bridgehead atoms. The van der Waals surface area contributed by atoms with Crippen molar-refractivity contribution in [3.8, 4) is 0 Å². The summed E-state index contributed by atoms with van der Waals surface area (Å²) in [6.45, 7) is 6.90. The van der Waals surface area contributed by atoms with Crippen molar-refractivity contribution >= 4 is 27.6 Å². The van der Waals surface area contributed by atoms with E-state index in [9.17, 15) is 0 Å². The highest BCUT2D eigenvalue weighted by Crippen LogP contribution is 2.23. The lowest BCUT2D eigenvalue weighted by Gasteiger charge is -2.23. The lowest BCUT2D eigenvalue weighted by atomic mass is 10.1. The summed E-state index contributed by atoms with van der Waals surface area (Å²) in [5.74, 6) is 1.59.